The van der Waals surface area contributed by atoms with Crippen LogP contribution in [-0.2, 0) is 4.79 Å². The highest BCUT2D eigenvalue weighted by atomic mass is 32.2. The van der Waals surface area contributed by atoms with Gasteiger partial charge in [0.05, 0.1) is 6.04 Å². The minimum Gasteiger partial charge on any atom is -0.272 e. The summed E-state index contributed by atoms with van der Waals surface area (Å²) in [6, 6.07) is 0.440. The molecule has 2 bridgehead atoms. The van der Waals surface area contributed by atoms with E-state index in [4.69, 9.17) is 0 Å². The smallest absolute Gasteiger partial charge is 0.272 e. The van der Waals surface area contributed by atoms with Crippen molar-refractivity contribution in [3.63, 3.8) is 0 Å². The van der Waals surface area contributed by atoms with Gasteiger partial charge in [-0.25, -0.2) is 0 Å². The van der Waals surface area contributed by atoms with Gasteiger partial charge in [-0.1, -0.05) is 26.7 Å². The predicted molar refractivity (Wildman–Crippen MR) is 74.7 cm³/mol. The Balaban J connectivity index is 1.87. The summed E-state index contributed by atoms with van der Waals surface area (Å²) in [5.41, 5.74) is 0.768. The summed E-state index contributed by atoms with van der Waals surface area (Å²) in [7, 11) is 0. The molecule has 1 saturated heterocycles. The summed E-state index contributed by atoms with van der Waals surface area (Å²) in [6.07, 6.45) is 4.60. The fraction of sp³-hybridized carbons (Fsp3) is 0.800. The van der Waals surface area contributed by atoms with E-state index >= 15 is 0 Å². The minimum atomic E-state index is 0.0343. The Labute approximate surface area is 114 Å². The summed E-state index contributed by atoms with van der Waals surface area (Å²) in [5.74, 6) is 7.65. The van der Waals surface area contributed by atoms with Gasteiger partial charge < -0.3 is 0 Å². The number of carbonyl (C=O) groups excluding carboxylic acids is 1. The third-order valence-corrected chi connectivity index (χ3v) is 7.05. The number of hydrogen-bond donors (Lipinski definition) is 0. The van der Waals surface area contributed by atoms with E-state index in [0.29, 0.717) is 16.9 Å². The van der Waals surface area contributed by atoms with Gasteiger partial charge in [-0.05, 0) is 48.5 Å². The highest BCUT2D eigenvalue weighted by Gasteiger charge is 2.68. The summed E-state index contributed by atoms with van der Waals surface area (Å²) < 4.78 is 2.00. The molecule has 0 aromatic heterocycles. The Morgan fingerprint density at radius 1 is 1.50 bits per heavy atom. The topological polar surface area (TPSA) is 20.3 Å². The number of hydrogen-bond acceptors (Lipinski definition) is 2. The van der Waals surface area contributed by atoms with E-state index in [1.807, 2.05) is 11.2 Å². The second-order valence-electron chi connectivity index (χ2n) is 6.42. The molecule has 98 valence electrons. The lowest BCUT2D eigenvalue weighted by Gasteiger charge is -2.37. The Morgan fingerprint density at radius 3 is 2.94 bits per heavy atom. The van der Waals surface area contributed by atoms with Crippen molar-refractivity contribution in [2.24, 2.45) is 16.7 Å². The molecule has 1 aliphatic heterocycles. The van der Waals surface area contributed by atoms with Gasteiger partial charge in [-0.15, -0.1) is 0 Å². The minimum absolute atomic E-state index is 0.0343. The molecule has 3 heteroatoms. The normalized spacial score (nSPS) is 39.4. The molecule has 0 aromatic rings. The van der Waals surface area contributed by atoms with E-state index < -0.39 is 0 Å². The fourth-order valence-corrected chi connectivity index (χ4v) is 6.10. The number of amides is 1. The van der Waals surface area contributed by atoms with Crippen LogP contribution < -0.4 is 0 Å². The Morgan fingerprint density at radius 2 is 2.28 bits per heavy atom. The molecule has 1 amide bonds. The quantitative estimate of drug-likeness (QED) is 0.494. The van der Waals surface area contributed by atoms with E-state index in [1.54, 1.807) is 11.9 Å². The van der Waals surface area contributed by atoms with Crippen LogP contribution in [0.5, 0.6) is 0 Å². The van der Waals surface area contributed by atoms with Crippen LogP contribution in [-0.4, -0.2) is 22.0 Å². The van der Waals surface area contributed by atoms with Crippen LogP contribution in [0.15, 0.2) is 0 Å². The first-order valence-corrected chi connectivity index (χ1v) is 7.92. The van der Waals surface area contributed by atoms with E-state index in [9.17, 15) is 4.79 Å². The molecule has 1 heterocycles. The monoisotopic (exact) mass is 263 g/mol. The summed E-state index contributed by atoms with van der Waals surface area (Å²) in [6.45, 7) is 6.81. The standard InChI is InChI=1S/C15H21NOS/c1-4-5-6-13(17)16-12-9-11-7-8-15(12,10-18-16)14(11,2)3/h11-12H,4,7-10H2,1-3H3/t11?,12-,15-/m1/s1. The Bertz CT molecular complexity index is 447. The van der Waals surface area contributed by atoms with E-state index in [0.717, 1.165) is 18.1 Å². The second kappa shape index (κ2) is 3.93. The predicted octanol–water partition coefficient (Wildman–Crippen LogP) is 3.09. The Hall–Kier alpha value is -0.620. The average Bonchev–Trinajstić information content (AvgIpc) is 2.92. The first kappa shape index (κ1) is 12.4. The zero-order chi connectivity index (χ0) is 13.0. The number of nitrogens with zero attached hydrogens (tertiary/aromatic N) is 1. The maximum atomic E-state index is 12.2. The molecule has 3 aliphatic rings. The van der Waals surface area contributed by atoms with Crippen LogP contribution in [0.1, 0.15) is 46.5 Å². The van der Waals surface area contributed by atoms with Crippen molar-refractivity contribution in [3.8, 4) is 11.8 Å². The molecule has 1 spiro atoms. The van der Waals surface area contributed by atoms with Crippen molar-refractivity contribution < 1.29 is 4.79 Å². The SMILES string of the molecule is CCC#CC(=O)N1SC[C@]23CCC(C[C@@H]12)C3(C)C. The molecule has 3 fully saturated rings. The second-order valence-corrected chi connectivity index (χ2v) is 7.36. The lowest BCUT2D eigenvalue weighted by Crippen LogP contribution is -2.42. The maximum absolute atomic E-state index is 12.2. The molecule has 3 atom stereocenters. The van der Waals surface area contributed by atoms with Crippen molar-refractivity contribution >= 4 is 17.9 Å². The largest absolute Gasteiger partial charge is 0.308 e. The van der Waals surface area contributed by atoms with Gasteiger partial charge in [0.15, 0.2) is 0 Å². The molecule has 18 heavy (non-hydrogen) atoms. The fourth-order valence-electron chi connectivity index (χ4n) is 4.39. The van der Waals surface area contributed by atoms with Gasteiger partial charge in [0, 0.05) is 17.6 Å². The van der Waals surface area contributed by atoms with Gasteiger partial charge in [0.1, 0.15) is 0 Å². The summed E-state index contributed by atoms with van der Waals surface area (Å²) in [5, 5.41) is 0. The molecule has 0 aromatic carbocycles. The molecule has 2 saturated carbocycles. The van der Waals surface area contributed by atoms with Crippen molar-refractivity contribution in [2.45, 2.75) is 52.5 Å². The molecule has 0 radical (unpaired) electrons. The summed E-state index contributed by atoms with van der Waals surface area (Å²) >= 11 is 1.73. The molecule has 2 nitrogen and oxygen atoms in total. The zero-order valence-electron chi connectivity index (χ0n) is 11.5. The third kappa shape index (κ3) is 1.36. The lowest BCUT2D eigenvalue weighted by molar-refractivity contribution is -0.122. The molecule has 1 unspecified atom stereocenters. The zero-order valence-corrected chi connectivity index (χ0v) is 12.3. The average molecular weight is 263 g/mol. The van der Waals surface area contributed by atoms with Crippen molar-refractivity contribution in [3.05, 3.63) is 0 Å². The van der Waals surface area contributed by atoms with Crippen LogP contribution in [0.2, 0.25) is 0 Å². The lowest BCUT2D eigenvalue weighted by atomic mass is 9.69. The van der Waals surface area contributed by atoms with Crippen LogP contribution >= 0.6 is 11.9 Å². The van der Waals surface area contributed by atoms with Crippen molar-refractivity contribution in [2.75, 3.05) is 5.75 Å². The van der Waals surface area contributed by atoms with E-state index in [2.05, 4.69) is 25.7 Å². The summed E-state index contributed by atoms with van der Waals surface area (Å²) in [4.78, 5) is 12.2. The first-order valence-electron chi connectivity index (χ1n) is 6.98. The highest BCUT2D eigenvalue weighted by Crippen LogP contribution is 2.71. The first-order chi connectivity index (χ1) is 8.53. The van der Waals surface area contributed by atoms with E-state index in [-0.39, 0.29) is 5.91 Å². The van der Waals surface area contributed by atoms with Crippen LogP contribution in [0.3, 0.4) is 0 Å². The van der Waals surface area contributed by atoms with Crippen LogP contribution in [0, 0.1) is 28.6 Å². The number of carbonyl (C=O) groups is 1. The number of fused-ring (bicyclic) bond motifs is 1. The van der Waals surface area contributed by atoms with Crippen LogP contribution in [0.25, 0.3) is 0 Å². The van der Waals surface area contributed by atoms with Gasteiger partial charge in [0.25, 0.3) is 0 Å². The highest BCUT2D eigenvalue weighted by molar-refractivity contribution is 7.97. The molecule has 3 rings (SSSR count). The number of rotatable bonds is 0. The van der Waals surface area contributed by atoms with Crippen molar-refractivity contribution in [1.82, 2.24) is 4.31 Å². The van der Waals surface area contributed by atoms with Gasteiger partial charge in [-0.3, -0.25) is 9.10 Å². The Kier molecular flexibility index (Phi) is 2.71. The third-order valence-electron chi connectivity index (χ3n) is 5.70. The molecule has 2 aliphatic carbocycles. The van der Waals surface area contributed by atoms with Gasteiger partial charge >= 0.3 is 5.91 Å². The maximum Gasteiger partial charge on any atom is 0.308 e. The molecular weight excluding hydrogens is 242 g/mol. The molecule has 0 N–H and O–H groups in total. The van der Waals surface area contributed by atoms with Gasteiger partial charge in [-0.2, -0.15) is 0 Å². The molecular formula is C15H21NOS. The van der Waals surface area contributed by atoms with E-state index in [1.165, 1.54) is 19.3 Å². The van der Waals surface area contributed by atoms with Crippen LogP contribution in [0.4, 0.5) is 0 Å². The van der Waals surface area contributed by atoms with Crippen molar-refractivity contribution in [1.29, 1.82) is 0 Å². The van der Waals surface area contributed by atoms with Gasteiger partial charge in [0.2, 0.25) is 0 Å².